The second kappa shape index (κ2) is 8.07. The predicted molar refractivity (Wildman–Crippen MR) is 107 cm³/mol. The van der Waals surface area contributed by atoms with Gasteiger partial charge >= 0.3 is 5.97 Å². The van der Waals surface area contributed by atoms with Crippen molar-refractivity contribution in [2.75, 3.05) is 6.54 Å². The van der Waals surface area contributed by atoms with E-state index in [0.29, 0.717) is 31.7 Å². The van der Waals surface area contributed by atoms with Gasteiger partial charge in [0.2, 0.25) is 5.91 Å². The number of rotatable bonds is 5. The van der Waals surface area contributed by atoms with Gasteiger partial charge in [0, 0.05) is 13.0 Å². The number of carbonyl (C=O) groups is 2. The Morgan fingerprint density at radius 2 is 2.07 bits per heavy atom. The maximum Gasteiger partial charge on any atom is 0.306 e. The molecule has 0 radical (unpaired) electrons. The van der Waals surface area contributed by atoms with Crippen molar-refractivity contribution in [1.82, 2.24) is 14.7 Å². The van der Waals surface area contributed by atoms with Crippen molar-refractivity contribution in [3.63, 3.8) is 0 Å². The molecule has 1 aliphatic carbocycles. The molecule has 1 amide bonds. The van der Waals surface area contributed by atoms with Gasteiger partial charge in [-0.15, -0.1) is 0 Å². The van der Waals surface area contributed by atoms with Gasteiger partial charge in [-0.3, -0.25) is 14.3 Å². The molecule has 7 heteroatoms. The highest BCUT2D eigenvalue weighted by Gasteiger charge is 2.30. The quantitative estimate of drug-likeness (QED) is 0.832. The summed E-state index contributed by atoms with van der Waals surface area (Å²) >= 11 is 1.69. The Labute approximate surface area is 169 Å². The first-order valence-corrected chi connectivity index (χ1v) is 11.0. The van der Waals surface area contributed by atoms with Gasteiger partial charge in [-0.1, -0.05) is 0 Å². The molecule has 2 aliphatic rings. The van der Waals surface area contributed by atoms with E-state index in [0.717, 1.165) is 43.7 Å². The summed E-state index contributed by atoms with van der Waals surface area (Å²) in [5, 5.41) is 18.1. The van der Waals surface area contributed by atoms with Crippen LogP contribution in [0.2, 0.25) is 0 Å². The number of carboxylic acid groups (broad SMARTS) is 1. The van der Waals surface area contributed by atoms with Crippen LogP contribution in [0.15, 0.2) is 16.8 Å². The van der Waals surface area contributed by atoms with Crippen molar-refractivity contribution in [3.05, 3.63) is 39.3 Å². The standard InChI is InChI=1S/C21H27N3O3S/c1-14-18-6-8-23(12-19(18)24(22-14)11-16-7-9-28-13-16)20(25)10-15-2-4-17(5-3-15)21(26)27/h7,9,13,15,17H,2-6,8,10-12H2,1H3,(H,26,27)/t15-,17-. The van der Waals surface area contributed by atoms with E-state index in [-0.39, 0.29) is 11.8 Å². The van der Waals surface area contributed by atoms with E-state index in [9.17, 15) is 9.59 Å². The molecular weight excluding hydrogens is 374 g/mol. The molecule has 0 aromatic carbocycles. The lowest BCUT2D eigenvalue weighted by Gasteiger charge is -2.31. The van der Waals surface area contributed by atoms with E-state index in [1.807, 2.05) is 4.90 Å². The maximum atomic E-state index is 12.9. The van der Waals surface area contributed by atoms with Gasteiger partial charge < -0.3 is 10.0 Å². The lowest BCUT2D eigenvalue weighted by Crippen LogP contribution is -2.38. The highest BCUT2D eigenvalue weighted by molar-refractivity contribution is 7.07. The Kier molecular flexibility index (Phi) is 5.53. The van der Waals surface area contributed by atoms with Gasteiger partial charge in [0.1, 0.15) is 0 Å². The fraction of sp³-hybridized carbons (Fsp3) is 0.571. The monoisotopic (exact) mass is 401 g/mol. The predicted octanol–water partition coefficient (Wildman–Crippen LogP) is 3.47. The normalized spacial score (nSPS) is 22.1. The number of thiophene rings is 1. The fourth-order valence-corrected chi connectivity index (χ4v) is 5.22. The number of fused-ring (bicyclic) bond motifs is 1. The van der Waals surface area contributed by atoms with Crippen molar-refractivity contribution >= 4 is 23.2 Å². The molecule has 2 aromatic heterocycles. The zero-order valence-electron chi connectivity index (χ0n) is 16.3. The molecule has 1 aliphatic heterocycles. The number of aryl methyl sites for hydroxylation is 1. The van der Waals surface area contributed by atoms with Gasteiger partial charge in [-0.2, -0.15) is 16.4 Å². The van der Waals surface area contributed by atoms with Crippen LogP contribution in [0, 0.1) is 18.8 Å². The Morgan fingerprint density at radius 3 is 2.75 bits per heavy atom. The van der Waals surface area contributed by atoms with Crippen LogP contribution in [0.1, 0.15) is 54.6 Å². The molecule has 0 unspecified atom stereocenters. The Balaban J connectivity index is 1.39. The molecule has 28 heavy (non-hydrogen) atoms. The molecule has 0 bridgehead atoms. The minimum atomic E-state index is -0.692. The summed E-state index contributed by atoms with van der Waals surface area (Å²) in [7, 11) is 0. The van der Waals surface area contributed by atoms with Crippen molar-refractivity contribution in [3.8, 4) is 0 Å². The molecule has 4 rings (SSSR count). The lowest BCUT2D eigenvalue weighted by atomic mass is 9.80. The van der Waals surface area contributed by atoms with Gasteiger partial charge in [0.15, 0.2) is 0 Å². The zero-order valence-corrected chi connectivity index (χ0v) is 17.1. The van der Waals surface area contributed by atoms with E-state index in [1.54, 1.807) is 11.3 Å². The van der Waals surface area contributed by atoms with Gasteiger partial charge in [0.25, 0.3) is 0 Å². The topological polar surface area (TPSA) is 75.4 Å². The fourth-order valence-electron chi connectivity index (χ4n) is 4.56. The SMILES string of the molecule is Cc1nn(Cc2ccsc2)c2c1CCN(C(=O)C[C@H]1CC[C@H](C(=O)O)CC1)C2. The summed E-state index contributed by atoms with van der Waals surface area (Å²) in [6.07, 6.45) is 4.49. The molecule has 1 fully saturated rings. The molecule has 2 aromatic rings. The first kappa shape index (κ1) is 19.2. The average molecular weight is 402 g/mol. The molecular formula is C21H27N3O3S. The van der Waals surface area contributed by atoms with E-state index in [1.165, 1.54) is 11.1 Å². The first-order valence-electron chi connectivity index (χ1n) is 10.1. The van der Waals surface area contributed by atoms with Crippen LogP contribution < -0.4 is 0 Å². The third-order valence-electron chi connectivity index (χ3n) is 6.26. The number of carboxylic acids is 1. The van der Waals surface area contributed by atoms with Crippen LogP contribution in [0.4, 0.5) is 0 Å². The number of carbonyl (C=O) groups excluding carboxylic acids is 1. The Hall–Kier alpha value is -2.15. The molecule has 1 N–H and O–H groups in total. The van der Waals surface area contributed by atoms with E-state index >= 15 is 0 Å². The minimum Gasteiger partial charge on any atom is -0.481 e. The summed E-state index contributed by atoms with van der Waals surface area (Å²) in [6.45, 7) is 4.19. The summed E-state index contributed by atoms with van der Waals surface area (Å²) in [5.74, 6) is -0.395. The van der Waals surface area contributed by atoms with Crippen molar-refractivity contribution in [2.45, 2.75) is 58.5 Å². The number of hydrogen-bond acceptors (Lipinski definition) is 4. The molecule has 0 atom stereocenters. The number of amides is 1. The summed E-state index contributed by atoms with van der Waals surface area (Å²) in [4.78, 5) is 26.0. The summed E-state index contributed by atoms with van der Waals surface area (Å²) in [6, 6.07) is 2.12. The van der Waals surface area contributed by atoms with Crippen LogP contribution in [0.3, 0.4) is 0 Å². The van der Waals surface area contributed by atoms with Crippen LogP contribution in [0.25, 0.3) is 0 Å². The number of aromatic nitrogens is 2. The number of aliphatic carboxylic acids is 1. The Morgan fingerprint density at radius 1 is 1.29 bits per heavy atom. The van der Waals surface area contributed by atoms with Gasteiger partial charge in [0.05, 0.1) is 30.4 Å². The molecule has 150 valence electrons. The van der Waals surface area contributed by atoms with Crippen LogP contribution in [-0.4, -0.2) is 38.2 Å². The molecule has 0 spiro atoms. The van der Waals surface area contributed by atoms with Crippen LogP contribution in [0.5, 0.6) is 0 Å². The van der Waals surface area contributed by atoms with E-state index < -0.39 is 5.97 Å². The van der Waals surface area contributed by atoms with Crippen LogP contribution >= 0.6 is 11.3 Å². The van der Waals surface area contributed by atoms with Crippen molar-refractivity contribution in [2.24, 2.45) is 11.8 Å². The largest absolute Gasteiger partial charge is 0.481 e. The number of nitrogens with zero attached hydrogens (tertiary/aromatic N) is 3. The van der Waals surface area contributed by atoms with Gasteiger partial charge in [-0.05, 0) is 72.9 Å². The highest BCUT2D eigenvalue weighted by atomic mass is 32.1. The van der Waals surface area contributed by atoms with Gasteiger partial charge in [-0.25, -0.2) is 0 Å². The number of hydrogen-bond donors (Lipinski definition) is 1. The summed E-state index contributed by atoms with van der Waals surface area (Å²) < 4.78 is 2.06. The second-order valence-electron chi connectivity index (χ2n) is 8.13. The first-order chi connectivity index (χ1) is 13.5. The highest BCUT2D eigenvalue weighted by Crippen LogP contribution is 2.32. The third kappa shape index (κ3) is 3.99. The third-order valence-corrected chi connectivity index (χ3v) is 7.00. The molecule has 0 saturated heterocycles. The smallest absolute Gasteiger partial charge is 0.306 e. The molecule has 6 nitrogen and oxygen atoms in total. The Bertz CT molecular complexity index is 851. The van der Waals surface area contributed by atoms with E-state index in [4.69, 9.17) is 10.2 Å². The summed E-state index contributed by atoms with van der Waals surface area (Å²) in [5.41, 5.74) is 4.78. The average Bonchev–Trinajstić information content (AvgIpc) is 3.30. The molecule has 3 heterocycles. The van der Waals surface area contributed by atoms with Crippen molar-refractivity contribution in [1.29, 1.82) is 0 Å². The minimum absolute atomic E-state index is 0.199. The molecule has 1 saturated carbocycles. The second-order valence-corrected chi connectivity index (χ2v) is 8.91. The zero-order chi connectivity index (χ0) is 19.7. The van der Waals surface area contributed by atoms with E-state index in [2.05, 4.69) is 28.4 Å². The lowest BCUT2D eigenvalue weighted by molar-refractivity contribution is -0.143. The van der Waals surface area contributed by atoms with Crippen LogP contribution in [-0.2, 0) is 29.1 Å². The van der Waals surface area contributed by atoms with Crippen molar-refractivity contribution < 1.29 is 14.7 Å². The maximum absolute atomic E-state index is 12.9.